The standard InChI is InChI=1S/C24H19O2P/c1-26-24(25)22-16-18-10-8-9-11-19(18)17-23(22)27(20-12-4-2-5-13-20)21-14-6-3-7-15-21/h2-17H,1H3. The maximum atomic E-state index is 12.6. The maximum Gasteiger partial charge on any atom is 0.338 e. The minimum Gasteiger partial charge on any atom is -0.465 e. The fourth-order valence-electron chi connectivity index (χ4n) is 3.27. The fourth-order valence-corrected chi connectivity index (χ4v) is 5.73. The van der Waals surface area contributed by atoms with Gasteiger partial charge in [-0.25, -0.2) is 4.79 Å². The first-order chi connectivity index (χ1) is 13.3. The molecule has 0 unspecified atom stereocenters. The highest BCUT2D eigenvalue weighted by Gasteiger charge is 2.23. The molecule has 0 aliphatic carbocycles. The van der Waals surface area contributed by atoms with Gasteiger partial charge in [-0.2, -0.15) is 0 Å². The molecule has 0 aliphatic rings. The zero-order valence-electron chi connectivity index (χ0n) is 15.0. The number of carbonyl (C=O) groups is 1. The summed E-state index contributed by atoms with van der Waals surface area (Å²) in [6, 6.07) is 33.0. The smallest absolute Gasteiger partial charge is 0.338 e. The van der Waals surface area contributed by atoms with Gasteiger partial charge in [-0.3, -0.25) is 0 Å². The minimum atomic E-state index is -0.879. The van der Waals surface area contributed by atoms with E-state index in [-0.39, 0.29) is 5.97 Å². The maximum absolute atomic E-state index is 12.6. The Balaban J connectivity index is 2.01. The molecular weight excluding hydrogens is 351 g/mol. The third kappa shape index (κ3) is 3.49. The van der Waals surface area contributed by atoms with Crippen molar-refractivity contribution in [2.45, 2.75) is 0 Å². The molecule has 27 heavy (non-hydrogen) atoms. The Morgan fingerprint density at radius 2 is 1.19 bits per heavy atom. The molecule has 4 aromatic carbocycles. The lowest BCUT2D eigenvalue weighted by molar-refractivity contribution is 0.0602. The van der Waals surface area contributed by atoms with Gasteiger partial charge in [-0.15, -0.1) is 0 Å². The Kier molecular flexibility index (Phi) is 5.00. The molecule has 0 atom stereocenters. The molecule has 4 rings (SSSR count). The van der Waals surface area contributed by atoms with E-state index in [1.165, 1.54) is 17.7 Å². The summed E-state index contributed by atoms with van der Waals surface area (Å²) in [5.74, 6) is -0.296. The zero-order chi connectivity index (χ0) is 18.6. The zero-order valence-corrected chi connectivity index (χ0v) is 15.9. The second kappa shape index (κ2) is 7.73. The van der Waals surface area contributed by atoms with E-state index in [9.17, 15) is 4.79 Å². The van der Waals surface area contributed by atoms with Gasteiger partial charge in [0.25, 0.3) is 0 Å². The average molecular weight is 370 g/mol. The van der Waals surface area contributed by atoms with E-state index in [0.717, 1.165) is 16.1 Å². The summed E-state index contributed by atoms with van der Waals surface area (Å²) >= 11 is 0. The van der Waals surface area contributed by atoms with E-state index in [2.05, 4.69) is 36.4 Å². The molecule has 0 saturated carbocycles. The first kappa shape index (κ1) is 17.5. The molecule has 0 amide bonds. The number of carbonyl (C=O) groups excluding carboxylic acids is 1. The summed E-state index contributed by atoms with van der Waals surface area (Å²) in [6.07, 6.45) is 0. The highest BCUT2D eigenvalue weighted by atomic mass is 31.1. The first-order valence-electron chi connectivity index (χ1n) is 8.79. The largest absolute Gasteiger partial charge is 0.465 e. The van der Waals surface area contributed by atoms with E-state index in [1.54, 1.807) is 0 Å². The Bertz CT molecular complexity index is 1040. The van der Waals surface area contributed by atoms with Crippen LogP contribution < -0.4 is 15.9 Å². The summed E-state index contributed by atoms with van der Waals surface area (Å²) in [7, 11) is 0.560. The lowest BCUT2D eigenvalue weighted by Gasteiger charge is -2.22. The van der Waals surface area contributed by atoms with Crippen LogP contribution in [0, 0.1) is 0 Å². The molecule has 3 heteroatoms. The van der Waals surface area contributed by atoms with Crippen molar-refractivity contribution >= 4 is 40.6 Å². The molecule has 0 aromatic heterocycles. The molecule has 0 aliphatic heterocycles. The van der Waals surface area contributed by atoms with Gasteiger partial charge in [0.1, 0.15) is 0 Å². The molecule has 132 valence electrons. The van der Waals surface area contributed by atoms with E-state index >= 15 is 0 Å². The van der Waals surface area contributed by atoms with Crippen molar-refractivity contribution in [3.63, 3.8) is 0 Å². The number of hydrogen-bond donors (Lipinski definition) is 0. The Labute approximate surface area is 160 Å². The summed E-state index contributed by atoms with van der Waals surface area (Å²) in [5.41, 5.74) is 0.634. The van der Waals surface area contributed by atoms with Crippen LogP contribution >= 0.6 is 7.92 Å². The molecule has 0 saturated heterocycles. The molecule has 4 aromatic rings. The number of rotatable bonds is 4. The molecule has 0 spiro atoms. The van der Waals surface area contributed by atoms with Gasteiger partial charge in [0.2, 0.25) is 0 Å². The Morgan fingerprint density at radius 3 is 1.70 bits per heavy atom. The van der Waals surface area contributed by atoms with Crippen LogP contribution in [0.1, 0.15) is 10.4 Å². The highest BCUT2D eigenvalue weighted by Crippen LogP contribution is 2.35. The fraction of sp³-hybridized carbons (Fsp3) is 0.0417. The summed E-state index contributed by atoms with van der Waals surface area (Å²) < 4.78 is 5.12. The molecule has 0 fully saturated rings. The van der Waals surface area contributed by atoms with Gasteiger partial charge in [-0.1, -0.05) is 84.9 Å². The van der Waals surface area contributed by atoms with Crippen molar-refractivity contribution in [2.24, 2.45) is 0 Å². The summed E-state index contributed by atoms with van der Waals surface area (Å²) in [6.45, 7) is 0. The number of hydrogen-bond acceptors (Lipinski definition) is 2. The summed E-state index contributed by atoms with van der Waals surface area (Å²) in [5, 5.41) is 5.60. The molecule has 0 bridgehead atoms. The first-order valence-corrected chi connectivity index (χ1v) is 10.1. The van der Waals surface area contributed by atoms with Gasteiger partial charge in [0.15, 0.2) is 0 Å². The van der Waals surface area contributed by atoms with Gasteiger partial charge < -0.3 is 4.74 Å². The molecule has 0 radical (unpaired) electrons. The lowest BCUT2D eigenvalue weighted by Crippen LogP contribution is -2.25. The van der Waals surface area contributed by atoms with Gasteiger partial charge in [-0.05, 0) is 41.4 Å². The van der Waals surface area contributed by atoms with Crippen LogP contribution in [0.4, 0.5) is 0 Å². The number of esters is 1. The van der Waals surface area contributed by atoms with Crippen molar-refractivity contribution in [3.8, 4) is 0 Å². The van der Waals surface area contributed by atoms with Crippen molar-refractivity contribution < 1.29 is 9.53 Å². The van der Waals surface area contributed by atoms with E-state index in [1.807, 2.05) is 60.7 Å². The molecular formula is C24H19O2P. The molecule has 2 nitrogen and oxygen atoms in total. The Morgan fingerprint density at radius 1 is 0.704 bits per heavy atom. The van der Waals surface area contributed by atoms with Crippen molar-refractivity contribution in [1.29, 1.82) is 0 Å². The van der Waals surface area contributed by atoms with E-state index in [4.69, 9.17) is 4.74 Å². The highest BCUT2D eigenvalue weighted by molar-refractivity contribution is 7.80. The third-order valence-corrected chi connectivity index (χ3v) is 7.02. The number of methoxy groups -OCH3 is 1. The summed E-state index contributed by atoms with van der Waals surface area (Å²) in [4.78, 5) is 12.6. The molecule has 0 heterocycles. The third-order valence-electron chi connectivity index (χ3n) is 4.54. The second-order valence-corrected chi connectivity index (χ2v) is 8.40. The van der Waals surface area contributed by atoms with Gasteiger partial charge in [0.05, 0.1) is 12.7 Å². The second-order valence-electron chi connectivity index (χ2n) is 6.21. The number of fused-ring (bicyclic) bond motifs is 1. The van der Waals surface area contributed by atoms with Crippen LogP contribution in [0.5, 0.6) is 0 Å². The quantitative estimate of drug-likeness (QED) is 0.394. The number of benzene rings is 4. The SMILES string of the molecule is COC(=O)c1cc2ccccc2cc1P(c1ccccc1)c1ccccc1. The monoisotopic (exact) mass is 370 g/mol. The van der Waals surface area contributed by atoms with Crippen molar-refractivity contribution in [2.75, 3.05) is 7.11 Å². The minimum absolute atomic E-state index is 0.296. The average Bonchev–Trinajstić information content (AvgIpc) is 2.74. The molecule has 0 N–H and O–H groups in total. The Hall–Kier alpha value is -2.96. The predicted molar refractivity (Wildman–Crippen MR) is 114 cm³/mol. The lowest BCUT2D eigenvalue weighted by atomic mass is 10.1. The number of ether oxygens (including phenoxy) is 1. The van der Waals surface area contributed by atoms with Crippen LogP contribution in [0.25, 0.3) is 10.8 Å². The van der Waals surface area contributed by atoms with Crippen LogP contribution in [-0.4, -0.2) is 13.1 Å². The van der Waals surface area contributed by atoms with Crippen LogP contribution in [0.15, 0.2) is 97.1 Å². The van der Waals surface area contributed by atoms with Crippen molar-refractivity contribution in [3.05, 3.63) is 103 Å². The topological polar surface area (TPSA) is 26.3 Å². The van der Waals surface area contributed by atoms with Crippen LogP contribution in [0.2, 0.25) is 0 Å². The van der Waals surface area contributed by atoms with Crippen LogP contribution in [0.3, 0.4) is 0 Å². The van der Waals surface area contributed by atoms with Gasteiger partial charge >= 0.3 is 5.97 Å². The predicted octanol–water partition coefficient (Wildman–Crippen LogP) is 4.38. The van der Waals surface area contributed by atoms with Crippen LogP contribution in [-0.2, 0) is 4.74 Å². The van der Waals surface area contributed by atoms with Crippen molar-refractivity contribution in [1.82, 2.24) is 0 Å². The van der Waals surface area contributed by atoms with E-state index < -0.39 is 7.92 Å². The van der Waals surface area contributed by atoms with Gasteiger partial charge in [0, 0.05) is 5.30 Å². The normalized spacial score (nSPS) is 10.9. The van der Waals surface area contributed by atoms with E-state index in [0.29, 0.717) is 5.56 Å².